The number of carbonyl (C=O) groups excluding carboxylic acids is 1. The molecule has 6 nitrogen and oxygen atoms in total. The van der Waals surface area contributed by atoms with Crippen molar-refractivity contribution in [2.24, 2.45) is 7.05 Å². The van der Waals surface area contributed by atoms with Gasteiger partial charge in [-0.1, -0.05) is 17.7 Å². The van der Waals surface area contributed by atoms with Crippen LogP contribution in [0.1, 0.15) is 38.4 Å². The zero-order chi connectivity index (χ0) is 15.9. The quantitative estimate of drug-likeness (QED) is 0.920. The van der Waals surface area contributed by atoms with Crippen LogP contribution in [0.15, 0.2) is 24.4 Å². The summed E-state index contributed by atoms with van der Waals surface area (Å²) in [5, 5.41) is 13.2. The van der Waals surface area contributed by atoms with Crippen molar-refractivity contribution < 1.29 is 14.7 Å². The maximum atomic E-state index is 12.8. The number of carboxylic acids is 1. The average molecular weight is 299 g/mol. The fraction of sp³-hybridized carbons (Fsp3) is 0.312. The molecule has 114 valence electrons. The number of anilines is 1. The molecule has 1 aliphatic heterocycles. The number of hydrogen-bond acceptors (Lipinski definition) is 3. The van der Waals surface area contributed by atoms with Crippen molar-refractivity contribution in [3.05, 3.63) is 46.8 Å². The van der Waals surface area contributed by atoms with Crippen LogP contribution in [0.5, 0.6) is 0 Å². The van der Waals surface area contributed by atoms with Crippen LogP contribution in [0.2, 0.25) is 0 Å². The molecule has 0 unspecified atom stereocenters. The van der Waals surface area contributed by atoms with E-state index in [2.05, 4.69) is 11.2 Å². The number of aryl methyl sites for hydroxylation is 3. The number of hydrogen-bond donors (Lipinski definition) is 1. The Kier molecular flexibility index (Phi) is 3.44. The first-order valence-corrected chi connectivity index (χ1v) is 7.15. The monoisotopic (exact) mass is 299 g/mol. The Morgan fingerprint density at radius 3 is 2.82 bits per heavy atom. The van der Waals surface area contributed by atoms with Crippen LogP contribution in [0, 0.1) is 6.92 Å². The molecule has 1 amide bonds. The van der Waals surface area contributed by atoms with Crippen LogP contribution in [-0.2, 0) is 13.5 Å². The number of fused-ring (bicyclic) bond motifs is 1. The summed E-state index contributed by atoms with van der Waals surface area (Å²) in [6, 6.07) is 5.97. The van der Waals surface area contributed by atoms with E-state index in [-0.39, 0.29) is 17.2 Å². The summed E-state index contributed by atoms with van der Waals surface area (Å²) in [5.74, 6) is -1.46. The van der Waals surface area contributed by atoms with E-state index in [1.807, 2.05) is 19.1 Å². The van der Waals surface area contributed by atoms with E-state index < -0.39 is 5.97 Å². The highest BCUT2D eigenvalue weighted by Crippen LogP contribution is 2.29. The van der Waals surface area contributed by atoms with Gasteiger partial charge in [-0.15, -0.1) is 0 Å². The molecule has 6 heteroatoms. The summed E-state index contributed by atoms with van der Waals surface area (Å²) >= 11 is 0. The molecule has 22 heavy (non-hydrogen) atoms. The van der Waals surface area contributed by atoms with Crippen molar-refractivity contribution in [2.45, 2.75) is 19.8 Å². The number of aromatic nitrogens is 2. The number of carboxylic acid groups (broad SMARTS) is 1. The highest BCUT2D eigenvalue weighted by Gasteiger charge is 2.29. The Morgan fingerprint density at radius 1 is 1.32 bits per heavy atom. The molecule has 0 atom stereocenters. The number of aromatic carboxylic acids is 1. The predicted octanol–water partition coefficient (Wildman–Crippen LogP) is 2.02. The molecule has 0 bridgehead atoms. The minimum absolute atomic E-state index is 0.0794. The van der Waals surface area contributed by atoms with E-state index in [0.717, 1.165) is 29.7 Å². The molecule has 2 aromatic rings. The van der Waals surface area contributed by atoms with Gasteiger partial charge in [0.15, 0.2) is 5.69 Å². The lowest BCUT2D eigenvalue weighted by Gasteiger charge is -2.29. The largest absolute Gasteiger partial charge is 0.477 e. The van der Waals surface area contributed by atoms with Crippen molar-refractivity contribution in [1.82, 2.24) is 9.78 Å². The highest BCUT2D eigenvalue weighted by atomic mass is 16.4. The molecule has 0 fully saturated rings. The number of nitrogens with zero attached hydrogens (tertiary/aromatic N) is 3. The van der Waals surface area contributed by atoms with Crippen LogP contribution < -0.4 is 4.90 Å². The molecule has 0 spiro atoms. The van der Waals surface area contributed by atoms with Gasteiger partial charge in [-0.05, 0) is 31.4 Å². The molecular weight excluding hydrogens is 282 g/mol. The Labute approximate surface area is 128 Å². The van der Waals surface area contributed by atoms with Gasteiger partial charge in [0.05, 0.1) is 11.8 Å². The molecule has 1 aromatic heterocycles. The van der Waals surface area contributed by atoms with Crippen LogP contribution in [0.25, 0.3) is 0 Å². The van der Waals surface area contributed by atoms with Gasteiger partial charge in [-0.3, -0.25) is 9.48 Å². The predicted molar refractivity (Wildman–Crippen MR) is 81.3 cm³/mol. The van der Waals surface area contributed by atoms with Crippen molar-refractivity contribution in [3.8, 4) is 0 Å². The van der Waals surface area contributed by atoms with Gasteiger partial charge in [0, 0.05) is 19.3 Å². The molecule has 1 aromatic carbocycles. The lowest BCUT2D eigenvalue weighted by molar-refractivity contribution is 0.0680. The zero-order valence-electron chi connectivity index (χ0n) is 12.5. The fourth-order valence-corrected chi connectivity index (χ4v) is 2.93. The van der Waals surface area contributed by atoms with Crippen LogP contribution in [0.4, 0.5) is 5.69 Å². The van der Waals surface area contributed by atoms with E-state index in [1.165, 1.54) is 17.9 Å². The Morgan fingerprint density at radius 2 is 2.09 bits per heavy atom. The molecule has 1 aliphatic rings. The van der Waals surface area contributed by atoms with Crippen LogP contribution in [0.3, 0.4) is 0 Å². The van der Waals surface area contributed by atoms with Crippen molar-refractivity contribution in [2.75, 3.05) is 11.4 Å². The lowest BCUT2D eigenvalue weighted by atomic mass is 9.99. The van der Waals surface area contributed by atoms with Gasteiger partial charge in [0.1, 0.15) is 0 Å². The number of carbonyl (C=O) groups is 2. The van der Waals surface area contributed by atoms with Gasteiger partial charge in [-0.25, -0.2) is 4.79 Å². The first-order valence-electron chi connectivity index (χ1n) is 7.15. The van der Waals surface area contributed by atoms with Crippen molar-refractivity contribution in [1.29, 1.82) is 0 Å². The summed E-state index contributed by atoms with van der Waals surface area (Å²) in [7, 11) is 1.52. The molecule has 2 heterocycles. The third-order valence-electron chi connectivity index (χ3n) is 3.97. The van der Waals surface area contributed by atoms with Crippen molar-refractivity contribution >= 4 is 17.6 Å². The van der Waals surface area contributed by atoms with Crippen LogP contribution in [-0.4, -0.2) is 33.3 Å². The molecule has 0 aliphatic carbocycles. The summed E-state index contributed by atoms with van der Waals surface area (Å²) in [4.78, 5) is 25.8. The summed E-state index contributed by atoms with van der Waals surface area (Å²) < 4.78 is 1.22. The first-order chi connectivity index (χ1) is 10.5. The number of benzene rings is 1. The normalized spacial score (nSPS) is 13.8. The highest BCUT2D eigenvalue weighted by molar-refractivity contribution is 6.11. The summed E-state index contributed by atoms with van der Waals surface area (Å²) in [6.07, 6.45) is 3.12. The third-order valence-corrected chi connectivity index (χ3v) is 3.97. The molecular formula is C16H17N3O3. The Bertz CT molecular complexity index is 764. The molecule has 1 N–H and O–H groups in total. The van der Waals surface area contributed by atoms with E-state index in [9.17, 15) is 14.7 Å². The molecule has 0 saturated carbocycles. The van der Waals surface area contributed by atoms with Gasteiger partial charge in [-0.2, -0.15) is 5.10 Å². The maximum Gasteiger partial charge on any atom is 0.354 e. The molecule has 0 radical (unpaired) electrons. The number of rotatable bonds is 2. The Hall–Kier alpha value is -2.63. The van der Waals surface area contributed by atoms with E-state index in [1.54, 1.807) is 4.90 Å². The van der Waals surface area contributed by atoms with Gasteiger partial charge < -0.3 is 10.0 Å². The second kappa shape index (κ2) is 5.29. The van der Waals surface area contributed by atoms with Crippen molar-refractivity contribution in [3.63, 3.8) is 0 Å². The lowest BCUT2D eigenvalue weighted by Crippen LogP contribution is -2.36. The Balaban J connectivity index is 2.03. The zero-order valence-corrected chi connectivity index (χ0v) is 12.5. The average Bonchev–Trinajstić information content (AvgIpc) is 2.87. The fourth-order valence-electron chi connectivity index (χ4n) is 2.93. The topological polar surface area (TPSA) is 75.4 Å². The molecule has 0 saturated heterocycles. The van der Waals surface area contributed by atoms with Gasteiger partial charge >= 0.3 is 5.97 Å². The standard InChI is InChI=1S/C16H17N3O3/c1-10-5-6-13-11(8-10)4-3-7-19(13)15(20)12-9-17-18(2)14(12)16(21)22/h5-6,8-9H,3-4,7H2,1-2H3,(H,21,22). The third kappa shape index (κ3) is 2.26. The van der Waals surface area contributed by atoms with E-state index >= 15 is 0 Å². The van der Waals surface area contributed by atoms with E-state index in [4.69, 9.17) is 0 Å². The summed E-state index contributed by atoms with van der Waals surface area (Å²) in [5.41, 5.74) is 3.19. The van der Waals surface area contributed by atoms with Gasteiger partial charge in [0.25, 0.3) is 5.91 Å². The van der Waals surface area contributed by atoms with Crippen LogP contribution >= 0.6 is 0 Å². The first kappa shape index (κ1) is 14.3. The minimum atomic E-state index is -1.15. The maximum absolute atomic E-state index is 12.8. The second-order valence-corrected chi connectivity index (χ2v) is 5.53. The van der Waals surface area contributed by atoms with E-state index in [0.29, 0.717) is 6.54 Å². The minimum Gasteiger partial charge on any atom is -0.477 e. The molecule has 3 rings (SSSR count). The summed E-state index contributed by atoms with van der Waals surface area (Å²) in [6.45, 7) is 2.60. The number of amides is 1. The van der Waals surface area contributed by atoms with Gasteiger partial charge in [0.2, 0.25) is 0 Å². The smallest absolute Gasteiger partial charge is 0.354 e. The SMILES string of the molecule is Cc1ccc2c(c1)CCCN2C(=O)c1cnn(C)c1C(=O)O. The second-order valence-electron chi connectivity index (χ2n) is 5.53.